The summed E-state index contributed by atoms with van der Waals surface area (Å²) in [6.07, 6.45) is 0. The lowest BCUT2D eigenvalue weighted by atomic mass is 10.0. The first-order chi connectivity index (χ1) is 7.52. The third-order valence-corrected chi connectivity index (χ3v) is 2.81. The van der Waals surface area contributed by atoms with E-state index in [1.54, 1.807) is 0 Å². The summed E-state index contributed by atoms with van der Waals surface area (Å²) in [5.41, 5.74) is 6.72. The van der Waals surface area contributed by atoms with Gasteiger partial charge in [0.15, 0.2) is 0 Å². The molecule has 1 aromatic carbocycles. The Morgan fingerprint density at radius 1 is 1.19 bits per heavy atom. The minimum absolute atomic E-state index is 0.118. The van der Waals surface area contributed by atoms with Gasteiger partial charge in [0, 0.05) is 6.04 Å². The molecule has 0 bridgehead atoms. The van der Waals surface area contributed by atoms with E-state index in [-0.39, 0.29) is 11.9 Å². The largest absolute Gasteiger partial charge is 0.352 e. The molecule has 0 saturated carbocycles. The summed E-state index contributed by atoms with van der Waals surface area (Å²) in [6, 6.07) is 8.96. The van der Waals surface area contributed by atoms with Crippen LogP contribution < -0.4 is 11.1 Å². The third kappa shape index (κ3) is 3.35. The zero-order valence-corrected chi connectivity index (χ0v) is 10.1. The lowest BCUT2D eigenvalue weighted by Gasteiger charge is -2.20. The van der Waals surface area contributed by atoms with Crippen molar-refractivity contribution in [3.63, 3.8) is 0 Å². The number of rotatable bonds is 4. The van der Waals surface area contributed by atoms with Gasteiger partial charge in [-0.15, -0.1) is 0 Å². The Kier molecular flexibility index (Phi) is 4.50. The molecule has 1 amide bonds. The first kappa shape index (κ1) is 12.7. The van der Waals surface area contributed by atoms with Crippen molar-refractivity contribution in [3.8, 4) is 0 Å². The second-order valence-electron chi connectivity index (χ2n) is 4.43. The third-order valence-electron chi connectivity index (χ3n) is 2.81. The smallest absolute Gasteiger partial charge is 0.241 e. The summed E-state index contributed by atoms with van der Waals surface area (Å²) in [5, 5.41) is 2.91. The molecule has 0 fully saturated rings. The minimum Gasteiger partial charge on any atom is -0.352 e. The van der Waals surface area contributed by atoms with Crippen molar-refractivity contribution in [3.05, 3.63) is 35.9 Å². The van der Waals surface area contributed by atoms with Gasteiger partial charge in [-0.05, 0) is 18.4 Å². The maximum absolute atomic E-state index is 11.8. The van der Waals surface area contributed by atoms with Crippen LogP contribution in [-0.4, -0.2) is 11.9 Å². The number of amides is 1. The molecule has 0 aliphatic carbocycles. The monoisotopic (exact) mass is 220 g/mol. The van der Waals surface area contributed by atoms with Crippen molar-refractivity contribution in [1.82, 2.24) is 5.32 Å². The normalized spacial score (nSPS) is 14.6. The highest BCUT2D eigenvalue weighted by Gasteiger charge is 2.18. The SMILES string of the molecule is CC(C)C(C)NC(=O)[C@@H](N)c1ccccc1. The molecule has 3 nitrogen and oxygen atoms in total. The Morgan fingerprint density at radius 2 is 1.75 bits per heavy atom. The van der Waals surface area contributed by atoms with Gasteiger partial charge >= 0.3 is 0 Å². The Hall–Kier alpha value is -1.35. The van der Waals surface area contributed by atoms with Gasteiger partial charge in [-0.1, -0.05) is 44.2 Å². The predicted octanol–water partition coefficient (Wildman–Crippen LogP) is 1.85. The van der Waals surface area contributed by atoms with E-state index in [1.807, 2.05) is 37.3 Å². The summed E-state index contributed by atoms with van der Waals surface area (Å²) in [4.78, 5) is 11.8. The number of nitrogens with two attached hydrogens (primary N) is 1. The average molecular weight is 220 g/mol. The molecular formula is C13H20N2O. The van der Waals surface area contributed by atoms with Crippen LogP contribution in [0.25, 0.3) is 0 Å². The number of hydrogen-bond donors (Lipinski definition) is 2. The number of carbonyl (C=O) groups is 1. The molecule has 16 heavy (non-hydrogen) atoms. The summed E-state index contributed by atoms with van der Waals surface area (Å²) < 4.78 is 0. The molecular weight excluding hydrogens is 200 g/mol. The van der Waals surface area contributed by atoms with Crippen LogP contribution in [0.5, 0.6) is 0 Å². The Labute approximate surface area is 97.0 Å². The van der Waals surface area contributed by atoms with Gasteiger partial charge in [-0.2, -0.15) is 0 Å². The molecule has 0 aromatic heterocycles. The molecule has 2 atom stereocenters. The standard InChI is InChI=1S/C13H20N2O/c1-9(2)10(3)15-13(16)12(14)11-7-5-4-6-8-11/h4-10,12H,14H2,1-3H3,(H,15,16)/t10?,12-/m0/s1. The van der Waals surface area contributed by atoms with Crippen LogP contribution in [0, 0.1) is 5.92 Å². The fraction of sp³-hybridized carbons (Fsp3) is 0.462. The van der Waals surface area contributed by atoms with E-state index in [2.05, 4.69) is 19.2 Å². The molecule has 0 heterocycles. The van der Waals surface area contributed by atoms with E-state index in [4.69, 9.17) is 5.73 Å². The summed E-state index contributed by atoms with van der Waals surface area (Å²) in [5.74, 6) is 0.291. The van der Waals surface area contributed by atoms with E-state index >= 15 is 0 Å². The van der Waals surface area contributed by atoms with Crippen LogP contribution in [0.3, 0.4) is 0 Å². The second-order valence-corrected chi connectivity index (χ2v) is 4.43. The van der Waals surface area contributed by atoms with Gasteiger partial charge in [0.05, 0.1) is 0 Å². The first-order valence-corrected chi connectivity index (χ1v) is 5.63. The number of nitrogens with one attached hydrogen (secondary N) is 1. The van der Waals surface area contributed by atoms with Crippen LogP contribution in [0.15, 0.2) is 30.3 Å². The molecule has 0 saturated heterocycles. The molecule has 3 N–H and O–H groups in total. The van der Waals surface area contributed by atoms with E-state index in [9.17, 15) is 4.79 Å². The van der Waals surface area contributed by atoms with Crippen LogP contribution in [0.1, 0.15) is 32.4 Å². The molecule has 1 rings (SSSR count). The summed E-state index contributed by atoms with van der Waals surface area (Å²) in [6.45, 7) is 6.12. The van der Waals surface area contributed by atoms with Crippen molar-refractivity contribution < 1.29 is 4.79 Å². The Balaban J connectivity index is 2.62. The van der Waals surface area contributed by atoms with E-state index in [0.717, 1.165) is 5.56 Å². The predicted molar refractivity (Wildman–Crippen MR) is 65.8 cm³/mol. The second kappa shape index (κ2) is 5.66. The van der Waals surface area contributed by atoms with E-state index in [0.29, 0.717) is 5.92 Å². The molecule has 0 radical (unpaired) electrons. The topological polar surface area (TPSA) is 55.1 Å². The zero-order chi connectivity index (χ0) is 12.1. The fourth-order valence-electron chi connectivity index (χ4n) is 1.29. The highest BCUT2D eigenvalue weighted by molar-refractivity contribution is 5.83. The van der Waals surface area contributed by atoms with Crippen LogP contribution in [0.2, 0.25) is 0 Å². The quantitative estimate of drug-likeness (QED) is 0.813. The minimum atomic E-state index is -0.581. The Morgan fingerprint density at radius 3 is 2.25 bits per heavy atom. The number of benzene rings is 1. The van der Waals surface area contributed by atoms with Crippen molar-refractivity contribution in [2.45, 2.75) is 32.9 Å². The van der Waals surface area contributed by atoms with Crippen LogP contribution in [0.4, 0.5) is 0 Å². The molecule has 1 aromatic rings. The van der Waals surface area contributed by atoms with E-state index < -0.39 is 6.04 Å². The van der Waals surface area contributed by atoms with Gasteiger partial charge in [0.1, 0.15) is 6.04 Å². The molecule has 0 aliphatic rings. The van der Waals surface area contributed by atoms with Gasteiger partial charge in [0.2, 0.25) is 5.91 Å². The van der Waals surface area contributed by atoms with Crippen LogP contribution >= 0.6 is 0 Å². The lowest BCUT2D eigenvalue weighted by molar-refractivity contribution is -0.123. The Bertz CT molecular complexity index is 335. The fourth-order valence-corrected chi connectivity index (χ4v) is 1.29. The molecule has 88 valence electrons. The highest BCUT2D eigenvalue weighted by atomic mass is 16.2. The molecule has 0 aliphatic heterocycles. The highest BCUT2D eigenvalue weighted by Crippen LogP contribution is 2.10. The van der Waals surface area contributed by atoms with Gasteiger partial charge in [-0.25, -0.2) is 0 Å². The zero-order valence-electron chi connectivity index (χ0n) is 10.1. The maximum Gasteiger partial charge on any atom is 0.241 e. The molecule has 3 heteroatoms. The maximum atomic E-state index is 11.8. The summed E-state index contributed by atoms with van der Waals surface area (Å²) in [7, 11) is 0. The lowest BCUT2D eigenvalue weighted by Crippen LogP contribution is -2.41. The van der Waals surface area contributed by atoms with Gasteiger partial charge in [0.25, 0.3) is 0 Å². The van der Waals surface area contributed by atoms with Gasteiger partial charge < -0.3 is 11.1 Å². The van der Waals surface area contributed by atoms with E-state index in [1.165, 1.54) is 0 Å². The number of carbonyl (C=O) groups excluding carboxylic acids is 1. The van der Waals surface area contributed by atoms with Crippen molar-refractivity contribution in [1.29, 1.82) is 0 Å². The van der Waals surface area contributed by atoms with Crippen molar-refractivity contribution >= 4 is 5.91 Å². The van der Waals surface area contributed by atoms with Crippen LogP contribution in [-0.2, 0) is 4.79 Å². The molecule has 1 unspecified atom stereocenters. The van der Waals surface area contributed by atoms with Crippen molar-refractivity contribution in [2.24, 2.45) is 11.7 Å². The van der Waals surface area contributed by atoms with Gasteiger partial charge in [-0.3, -0.25) is 4.79 Å². The van der Waals surface area contributed by atoms with Crippen molar-refractivity contribution in [2.75, 3.05) is 0 Å². The first-order valence-electron chi connectivity index (χ1n) is 5.63. The average Bonchev–Trinajstić information content (AvgIpc) is 2.28. The molecule has 0 spiro atoms. The number of hydrogen-bond acceptors (Lipinski definition) is 2. The summed E-state index contributed by atoms with van der Waals surface area (Å²) >= 11 is 0.